The molecule has 2 heterocycles. The van der Waals surface area contributed by atoms with Crippen LogP contribution in [0.15, 0.2) is 23.1 Å². The maximum Gasteiger partial charge on any atom is 0.255 e. The second-order valence-electron chi connectivity index (χ2n) is 5.00. The van der Waals surface area contributed by atoms with E-state index in [2.05, 4.69) is 10.3 Å². The van der Waals surface area contributed by atoms with Crippen molar-refractivity contribution in [2.45, 2.75) is 19.8 Å². The lowest BCUT2D eigenvalue weighted by atomic mass is 9.99. The topological polar surface area (TPSA) is 65.2 Å². The lowest BCUT2D eigenvalue weighted by molar-refractivity contribution is 0.0728. The van der Waals surface area contributed by atoms with Gasteiger partial charge in [0.25, 0.3) is 5.91 Å². The molecule has 0 saturated carbocycles. The first-order valence-corrected chi connectivity index (χ1v) is 6.89. The largest absolute Gasteiger partial charge is 0.339 e. The van der Waals surface area contributed by atoms with Crippen LogP contribution in [0.3, 0.4) is 0 Å². The van der Waals surface area contributed by atoms with E-state index >= 15 is 0 Å². The van der Waals surface area contributed by atoms with Gasteiger partial charge in [-0.05, 0) is 44.8 Å². The van der Waals surface area contributed by atoms with Gasteiger partial charge >= 0.3 is 0 Å². The molecule has 1 unspecified atom stereocenters. The molecular weight excluding hydrogens is 242 g/mol. The molecule has 104 valence electrons. The Hall–Kier alpha value is -1.62. The van der Waals surface area contributed by atoms with E-state index in [1.165, 1.54) is 25.1 Å². The van der Waals surface area contributed by atoms with Crippen molar-refractivity contribution in [2.75, 3.05) is 26.2 Å². The van der Waals surface area contributed by atoms with Crippen molar-refractivity contribution in [2.24, 2.45) is 5.92 Å². The van der Waals surface area contributed by atoms with Crippen molar-refractivity contribution in [1.82, 2.24) is 15.2 Å². The first-order valence-electron chi connectivity index (χ1n) is 6.89. The first kappa shape index (κ1) is 13.8. The van der Waals surface area contributed by atoms with E-state index in [1.807, 2.05) is 11.8 Å². The van der Waals surface area contributed by atoms with Gasteiger partial charge in [-0.25, -0.2) is 0 Å². The van der Waals surface area contributed by atoms with Crippen molar-refractivity contribution >= 4 is 5.91 Å². The van der Waals surface area contributed by atoms with Crippen molar-refractivity contribution in [1.29, 1.82) is 0 Å². The fourth-order valence-corrected chi connectivity index (χ4v) is 2.47. The van der Waals surface area contributed by atoms with Crippen LogP contribution in [0.2, 0.25) is 0 Å². The Kier molecular flexibility index (Phi) is 4.74. The molecule has 5 nitrogen and oxygen atoms in total. The Morgan fingerprint density at radius 1 is 1.47 bits per heavy atom. The summed E-state index contributed by atoms with van der Waals surface area (Å²) in [7, 11) is 0. The van der Waals surface area contributed by atoms with Gasteiger partial charge in [0.1, 0.15) is 0 Å². The van der Waals surface area contributed by atoms with Crippen molar-refractivity contribution in [3.63, 3.8) is 0 Å². The molecule has 1 aromatic heterocycles. The minimum atomic E-state index is -0.184. The van der Waals surface area contributed by atoms with Crippen LogP contribution >= 0.6 is 0 Å². The number of pyridine rings is 1. The molecule has 1 aromatic rings. The Bertz CT molecular complexity index is 457. The molecule has 19 heavy (non-hydrogen) atoms. The number of hydrogen-bond donors (Lipinski definition) is 2. The average molecular weight is 263 g/mol. The Balaban J connectivity index is 2.01. The number of nitrogens with one attached hydrogen (secondary N) is 2. The molecule has 1 aliphatic rings. The number of carbonyl (C=O) groups is 1. The van der Waals surface area contributed by atoms with Crippen molar-refractivity contribution < 1.29 is 4.79 Å². The van der Waals surface area contributed by atoms with Gasteiger partial charge in [-0.15, -0.1) is 0 Å². The number of amides is 1. The minimum Gasteiger partial charge on any atom is -0.339 e. The summed E-state index contributed by atoms with van der Waals surface area (Å²) in [5.74, 6) is 0.518. The third-order valence-corrected chi connectivity index (χ3v) is 3.58. The van der Waals surface area contributed by atoms with E-state index in [4.69, 9.17) is 0 Å². The fourth-order valence-electron chi connectivity index (χ4n) is 2.47. The first-order chi connectivity index (χ1) is 9.20. The Morgan fingerprint density at radius 3 is 2.89 bits per heavy atom. The molecule has 0 bridgehead atoms. The van der Waals surface area contributed by atoms with Gasteiger partial charge in [0.05, 0.1) is 5.56 Å². The molecule has 0 spiro atoms. The molecule has 1 saturated heterocycles. The third kappa shape index (κ3) is 3.67. The quantitative estimate of drug-likeness (QED) is 0.846. The fraction of sp³-hybridized carbons (Fsp3) is 0.571. The molecule has 1 amide bonds. The second kappa shape index (κ2) is 6.52. The van der Waals surface area contributed by atoms with Gasteiger partial charge in [-0.1, -0.05) is 0 Å². The summed E-state index contributed by atoms with van der Waals surface area (Å²) < 4.78 is 0. The highest BCUT2D eigenvalue weighted by molar-refractivity contribution is 5.93. The molecule has 2 N–H and O–H groups in total. The zero-order valence-corrected chi connectivity index (χ0v) is 11.3. The number of rotatable bonds is 4. The molecule has 0 radical (unpaired) electrons. The monoisotopic (exact) mass is 263 g/mol. The van der Waals surface area contributed by atoms with E-state index in [9.17, 15) is 9.59 Å². The van der Waals surface area contributed by atoms with E-state index in [1.54, 1.807) is 6.07 Å². The smallest absolute Gasteiger partial charge is 0.255 e. The van der Waals surface area contributed by atoms with Gasteiger partial charge < -0.3 is 15.2 Å². The second-order valence-corrected chi connectivity index (χ2v) is 5.00. The van der Waals surface area contributed by atoms with Crippen LogP contribution < -0.4 is 10.9 Å². The van der Waals surface area contributed by atoms with Gasteiger partial charge in [0.2, 0.25) is 5.56 Å². The molecule has 1 fully saturated rings. The van der Waals surface area contributed by atoms with Crippen molar-refractivity contribution in [3.8, 4) is 0 Å². The highest BCUT2D eigenvalue weighted by Gasteiger charge is 2.20. The number of carbonyl (C=O) groups excluding carboxylic acids is 1. The molecule has 1 atom stereocenters. The predicted octanol–water partition coefficient (Wildman–Crippen LogP) is 0.837. The predicted molar refractivity (Wildman–Crippen MR) is 74.2 cm³/mol. The molecule has 1 aliphatic heterocycles. The highest BCUT2D eigenvalue weighted by Crippen LogP contribution is 2.13. The average Bonchev–Trinajstić information content (AvgIpc) is 2.46. The zero-order chi connectivity index (χ0) is 13.7. The van der Waals surface area contributed by atoms with Crippen LogP contribution in [0, 0.1) is 5.92 Å². The van der Waals surface area contributed by atoms with Gasteiger partial charge in [-0.3, -0.25) is 9.59 Å². The van der Waals surface area contributed by atoms with E-state index < -0.39 is 0 Å². The van der Waals surface area contributed by atoms with Crippen LogP contribution in [0.5, 0.6) is 0 Å². The summed E-state index contributed by atoms with van der Waals surface area (Å²) in [5, 5.41) is 3.36. The molecule has 0 aliphatic carbocycles. The Morgan fingerprint density at radius 2 is 2.32 bits per heavy atom. The maximum atomic E-state index is 12.3. The van der Waals surface area contributed by atoms with Crippen LogP contribution in [-0.4, -0.2) is 42.0 Å². The van der Waals surface area contributed by atoms with Crippen LogP contribution in [0.4, 0.5) is 0 Å². The summed E-state index contributed by atoms with van der Waals surface area (Å²) in [6, 6.07) is 2.98. The minimum absolute atomic E-state index is 0.00989. The van der Waals surface area contributed by atoms with E-state index in [-0.39, 0.29) is 11.5 Å². The van der Waals surface area contributed by atoms with Crippen LogP contribution in [-0.2, 0) is 0 Å². The number of aromatic amines is 1. The number of nitrogens with zero attached hydrogens (tertiary/aromatic N) is 1. The normalized spacial score (nSPS) is 19.1. The van der Waals surface area contributed by atoms with E-state index in [0.29, 0.717) is 18.0 Å². The van der Waals surface area contributed by atoms with Gasteiger partial charge in [-0.2, -0.15) is 0 Å². The molecule has 2 rings (SSSR count). The van der Waals surface area contributed by atoms with Crippen LogP contribution in [0.1, 0.15) is 30.1 Å². The molecule has 0 aromatic carbocycles. The lowest BCUT2D eigenvalue weighted by Crippen LogP contribution is -2.41. The van der Waals surface area contributed by atoms with Crippen LogP contribution in [0.25, 0.3) is 0 Å². The maximum absolute atomic E-state index is 12.3. The SMILES string of the molecule is CCN(CC1CCCNC1)C(=O)c1ccc(=O)[nH]c1. The summed E-state index contributed by atoms with van der Waals surface area (Å²) in [4.78, 5) is 27.8. The third-order valence-electron chi connectivity index (χ3n) is 3.58. The molecule has 5 heteroatoms. The standard InChI is InChI=1S/C14H21N3O2/c1-2-17(10-11-4-3-7-15-8-11)14(19)12-5-6-13(18)16-9-12/h5-6,9,11,15H,2-4,7-8,10H2,1H3,(H,16,18). The van der Waals surface area contributed by atoms with E-state index in [0.717, 1.165) is 19.6 Å². The number of hydrogen-bond acceptors (Lipinski definition) is 3. The summed E-state index contributed by atoms with van der Waals surface area (Å²) in [5.41, 5.74) is 0.362. The molecular formula is C14H21N3O2. The zero-order valence-electron chi connectivity index (χ0n) is 11.3. The number of piperidine rings is 1. The van der Waals surface area contributed by atoms with Gasteiger partial charge in [0, 0.05) is 25.4 Å². The Labute approximate surface area is 113 Å². The lowest BCUT2D eigenvalue weighted by Gasteiger charge is -2.29. The highest BCUT2D eigenvalue weighted by atomic mass is 16.2. The summed E-state index contributed by atoms with van der Waals surface area (Å²) in [6.45, 7) is 5.52. The summed E-state index contributed by atoms with van der Waals surface area (Å²) in [6.07, 6.45) is 3.84. The summed E-state index contributed by atoms with van der Waals surface area (Å²) >= 11 is 0. The number of H-pyrrole nitrogens is 1. The van der Waals surface area contributed by atoms with Crippen molar-refractivity contribution in [3.05, 3.63) is 34.2 Å². The number of aromatic nitrogens is 1. The van der Waals surface area contributed by atoms with Gasteiger partial charge in [0.15, 0.2) is 0 Å².